The van der Waals surface area contributed by atoms with E-state index >= 15 is 0 Å². The fourth-order valence-corrected chi connectivity index (χ4v) is 3.01. The van der Waals surface area contributed by atoms with Crippen LogP contribution >= 0.6 is 11.8 Å². The number of carbonyl (C=O) groups excluding carboxylic acids is 1. The zero-order valence-corrected chi connectivity index (χ0v) is 16.4. The molecule has 1 atom stereocenters. The summed E-state index contributed by atoms with van der Waals surface area (Å²) in [6, 6.07) is 8.93. The minimum absolute atomic E-state index is 0.0526. The first-order valence-corrected chi connectivity index (χ1v) is 9.11. The lowest BCUT2D eigenvalue weighted by Gasteiger charge is -2.22. The van der Waals surface area contributed by atoms with Crippen LogP contribution in [0.5, 0.6) is 0 Å². The van der Waals surface area contributed by atoms with Gasteiger partial charge in [0, 0.05) is 11.6 Å². The van der Waals surface area contributed by atoms with Crippen LogP contribution in [0.3, 0.4) is 0 Å². The number of thioether (sulfide) groups is 1. The molecule has 0 radical (unpaired) electrons. The molecular weight excluding hydrogens is 334 g/mol. The van der Waals surface area contributed by atoms with E-state index in [0.717, 1.165) is 16.8 Å². The van der Waals surface area contributed by atoms with Crippen molar-refractivity contribution < 1.29 is 4.79 Å². The highest BCUT2D eigenvalue weighted by molar-refractivity contribution is 8.00. The Balaban J connectivity index is 2.25. The van der Waals surface area contributed by atoms with Crippen LogP contribution in [0, 0.1) is 13.8 Å². The predicted octanol–water partition coefficient (Wildman–Crippen LogP) is 3.24. The number of carbonyl (C=O) groups is 1. The van der Waals surface area contributed by atoms with E-state index in [4.69, 9.17) is 0 Å². The summed E-state index contributed by atoms with van der Waals surface area (Å²) in [5.74, 6) is -0.0526. The third-order valence-corrected chi connectivity index (χ3v) is 4.70. The fourth-order valence-electron chi connectivity index (χ4n) is 2.21. The van der Waals surface area contributed by atoms with Crippen LogP contribution in [0.15, 0.2) is 40.2 Å². The molecule has 0 spiro atoms. The second-order valence-corrected chi connectivity index (χ2v) is 8.55. The average molecular weight is 359 g/mol. The van der Waals surface area contributed by atoms with Gasteiger partial charge in [-0.1, -0.05) is 17.8 Å². The van der Waals surface area contributed by atoms with Gasteiger partial charge in [-0.05, 0) is 70.9 Å². The Hall–Kier alpha value is -2.08. The van der Waals surface area contributed by atoms with Gasteiger partial charge in [-0.15, -0.1) is 0 Å². The van der Waals surface area contributed by atoms with Crippen LogP contribution in [-0.4, -0.2) is 26.5 Å². The van der Waals surface area contributed by atoms with Gasteiger partial charge in [0.15, 0.2) is 0 Å². The number of aromatic nitrogens is 2. The van der Waals surface area contributed by atoms with Crippen LogP contribution in [0.2, 0.25) is 0 Å². The Bertz CT molecular complexity index is 837. The molecule has 2 rings (SSSR count). The third-order valence-electron chi connectivity index (χ3n) is 3.68. The van der Waals surface area contributed by atoms with Crippen LogP contribution in [0.25, 0.3) is 5.69 Å². The molecule has 6 heteroatoms. The molecule has 5 nitrogen and oxygen atoms in total. The van der Waals surface area contributed by atoms with E-state index in [-0.39, 0.29) is 22.3 Å². The van der Waals surface area contributed by atoms with Crippen molar-refractivity contribution in [3.05, 3.63) is 51.8 Å². The molecule has 0 aliphatic rings. The topological polar surface area (TPSA) is 64.0 Å². The van der Waals surface area contributed by atoms with Crippen molar-refractivity contribution in [2.24, 2.45) is 0 Å². The van der Waals surface area contributed by atoms with Gasteiger partial charge >= 0.3 is 0 Å². The van der Waals surface area contributed by atoms with Crippen molar-refractivity contribution in [1.29, 1.82) is 0 Å². The first kappa shape index (κ1) is 19.2. The van der Waals surface area contributed by atoms with E-state index in [0.29, 0.717) is 5.03 Å². The molecule has 0 unspecified atom stereocenters. The number of nitrogens with zero attached hydrogens (tertiary/aromatic N) is 2. The zero-order valence-electron chi connectivity index (χ0n) is 15.6. The number of amides is 1. The Morgan fingerprint density at radius 2 is 1.84 bits per heavy atom. The minimum Gasteiger partial charge on any atom is -0.351 e. The Morgan fingerprint density at radius 1 is 1.16 bits per heavy atom. The molecular formula is C19H25N3O2S. The lowest BCUT2D eigenvalue weighted by atomic mass is 10.1. The van der Waals surface area contributed by atoms with Crippen molar-refractivity contribution in [2.75, 3.05) is 0 Å². The molecule has 2 aromatic rings. The first-order chi connectivity index (χ1) is 11.6. The number of aryl methyl sites for hydroxylation is 2. The highest BCUT2D eigenvalue weighted by Gasteiger charge is 2.21. The Morgan fingerprint density at radius 3 is 2.44 bits per heavy atom. The summed E-state index contributed by atoms with van der Waals surface area (Å²) in [6.45, 7) is 11.7. The van der Waals surface area contributed by atoms with E-state index in [9.17, 15) is 9.59 Å². The standard InChI is InChI=1S/C19H25N3O2S/c1-12-7-8-15(11-13(12)2)22-17(23)10-9-16(21-22)25-14(3)18(24)20-19(4,5)6/h7-11,14H,1-6H3,(H,20,24)/t14-/m0/s1. The van der Waals surface area contributed by atoms with Crippen molar-refractivity contribution >= 4 is 17.7 Å². The normalized spacial score (nSPS) is 12.7. The Labute approximate surface area is 152 Å². The second-order valence-electron chi connectivity index (χ2n) is 7.19. The largest absolute Gasteiger partial charge is 0.351 e. The molecule has 134 valence electrons. The second kappa shape index (κ2) is 7.44. The maximum atomic E-state index is 12.2. The molecule has 0 aliphatic heterocycles. The summed E-state index contributed by atoms with van der Waals surface area (Å²) in [6.07, 6.45) is 0. The summed E-state index contributed by atoms with van der Waals surface area (Å²) >= 11 is 1.33. The molecule has 1 aromatic heterocycles. The highest BCUT2D eigenvalue weighted by atomic mass is 32.2. The van der Waals surface area contributed by atoms with Gasteiger partial charge in [-0.2, -0.15) is 9.78 Å². The summed E-state index contributed by atoms with van der Waals surface area (Å²) in [5.41, 5.74) is 2.51. The van der Waals surface area contributed by atoms with E-state index < -0.39 is 0 Å². The first-order valence-electron chi connectivity index (χ1n) is 8.23. The van der Waals surface area contributed by atoms with E-state index in [2.05, 4.69) is 10.4 Å². The molecule has 1 heterocycles. The van der Waals surface area contributed by atoms with Gasteiger partial charge in [0.25, 0.3) is 5.56 Å². The molecule has 0 saturated carbocycles. The van der Waals surface area contributed by atoms with Gasteiger partial charge in [-0.25, -0.2) is 0 Å². The SMILES string of the molecule is Cc1ccc(-n2nc(S[C@@H](C)C(=O)NC(C)(C)C)ccc2=O)cc1C. The molecule has 0 bridgehead atoms. The number of hydrogen-bond acceptors (Lipinski definition) is 4. The smallest absolute Gasteiger partial charge is 0.271 e. The average Bonchev–Trinajstić information content (AvgIpc) is 2.50. The van der Waals surface area contributed by atoms with Crippen LogP contribution in [0.4, 0.5) is 0 Å². The maximum absolute atomic E-state index is 12.2. The van der Waals surface area contributed by atoms with Crippen molar-refractivity contribution in [3.8, 4) is 5.69 Å². The quantitative estimate of drug-likeness (QED) is 0.851. The fraction of sp³-hybridized carbons (Fsp3) is 0.421. The van der Waals surface area contributed by atoms with Crippen LogP contribution < -0.4 is 10.9 Å². The van der Waals surface area contributed by atoms with Crippen LogP contribution in [0.1, 0.15) is 38.8 Å². The zero-order chi connectivity index (χ0) is 18.8. The third kappa shape index (κ3) is 5.19. The maximum Gasteiger partial charge on any atom is 0.271 e. The molecule has 0 fully saturated rings. The number of hydrogen-bond donors (Lipinski definition) is 1. The summed E-state index contributed by atoms with van der Waals surface area (Å²) in [5, 5.41) is 7.70. The Kier molecular flexibility index (Phi) is 5.72. The monoisotopic (exact) mass is 359 g/mol. The molecule has 0 saturated heterocycles. The van der Waals surface area contributed by atoms with Crippen molar-refractivity contribution in [1.82, 2.24) is 15.1 Å². The van der Waals surface area contributed by atoms with E-state index in [1.54, 1.807) is 6.07 Å². The number of nitrogens with one attached hydrogen (secondary N) is 1. The lowest BCUT2D eigenvalue weighted by Crippen LogP contribution is -2.44. The van der Waals surface area contributed by atoms with E-state index in [1.165, 1.54) is 22.5 Å². The van der Waals surface area contributed by atoms with Crippen molar-refractivity contribution in [2.45, 2.75) is 57.4 Å². The molecule has 1 aromatic carbocycles. The highest BCUT2D eigenvalue weighted by Crippen LogP contribution is 2.21. The molecule has 25 heavy (non-hydrogen) atoms. The summed E-state index contributed by atoms with van der Waals surface area (Å²) < 4.78 is 1.38. The van der Waals surface area contributed by atoms with Crippen LogP contribution in [-0.2, 0) is 4.79 Å². The number of rotatable bonds is 4. The molecule has 0 aliphatic carbocycles. The van der Waals surface area contributed by atoms with Gasteiger partial charge < -0.3 is 5.32 Å². The van der Waals surface area contributed by atoms with Gasteiger partial charge in [0.1, 0.15) is 5.03 Å². The van der Waals surface area contributed by atoms with Gasteiger partial charge in [0.05, 0.1) is 10.9 Å². The lowest BCUT2D eigenvalue weighted by molar-refractivity contribution is -0.121. The number of benzene rings is 1. The summed E-state index contributed by atoms with van der Waals surface area (Å²) in [7, 11) is 0. The molecule has 1 N–H and O–H groups in total. The minimum atomic E-state index is -0.308. The molecule has 1 amide bonds. The van der Waals surface area contributed by atoms with Gasteiger partial charge in [0.2, 0.25) is 5.91 Å². The van der Waals surface area contributed by atoms with Crippen molar-refractivity contribution in [3.63, 3.8) is 0 Å². The van der Waals surface area contributed by atoms with E-state index in [1.807, 2.05) is 59.7 Å². The van der Waals surface area contributed by atoms with Gasteiger partial charge in [-0.3, -0.25) is 9.59 Å². The predicted molar refractivity (Wildman–Crippen MR) is 103 cm³/mol. The summed E-state index contributed by atoms with van der Waals surface area (Å²) in [4.78, 5) is 24.4.